The maximum atomic E-state index is 4.05. The molecule has 2 rings (SSSR count). The van der Waals surface area contributed by atoms with Gasteiger partial charge in [0.05, 0.1) is 0 Å². The van der Waals surface area contributed by atoms with Crippen molar-refractivity contribution in [2.24, 2.45) is 0 Å². The first-order valence-electron chi connectivity index (χ1n) is 6.10. The number of rotatable bonds is 3. The number of nitrogens with one attached hydrogen (secondary N) is 1. The Morgan fingerprint density at radius 3 is 2.56 bits per heavy atom. The monoisotopic (exact) mass is 219 g/mol. The highest BCUT2D eigenvalue weighted by Crippen LogP contribution is 2.15. The lowest BCUT2D eigenvalue weighted by molar-refractivity contribution is 0.226. The number of likely N-dealkylation sites (tertiary alicyclic amines) is 1. The first-order valence-corrected chi connectivity index (χ1v) is 6.10. The first-order chi connectivity index (χ1) is 7.75. The summed E-state index contributed by atoms with van der Waals surface area (Å²) in [6.07, 6.45) is 6.24. The maximum Gasteiger partial charge on any atom is 0.0295 e. The molecular formula is C13H21N3. The second-order valence-electron chi connectivity index (χ2n) is 4.75. The topological polar surface area (TPSA) is 28.2 Å². The van der Waals surface area contributed by atoms with Crippen molar-refractivity contribution in [2.75, 3.05) is 20.1 Å². The minimum atomic E-state index is 0.427. The highest BCUT2D eigenvalue weighted by Gasteiger charge is 2.18. The molecule has 1 aliphatic heterocycles. The van der Waals surface area contributed by atoms with Gasteiger partial charge in [-0.2, -0.15) is 0 Å². The van der Waals surface area contributed by atoms with Crippen molar-refractivity contribution < 1.29 is 0 Å². The van der Waals surface area contributed by atoms with Crippen molar-refractivity contribution in [3.05, 3.63) is 30.1 Å². The molecule has 0 saturated carbocycles. The van der Waals surface area contributed by atoms with E-state index in [-0.39, 0.29) is 0 Å². The van der Waals surface area contributed by atoms with Crippen LogP contribution in [-0.4, -0.2) is 36.1 Å². The Morgan fingerprint density at radius 2 is 1.94 bits per heavy atom. The van der Waals surface area contributed by atoms with Gasteiger partial charge in [-0.3, -0.25) is 4.98 Å². The van der Waals surface area contributed by atoms with Crippen LogP contribution in [-0.2, 0) is 0 Å². The van der Waals surface area contributed by atoms with Crippen LogP contribution in [0.15, 0.2) is 24.5 Å². The van der Waals surface area contributed by atoms with Crippen molar-refractivity contribution in [3.63, 3.8) is 0 Å². The summed E-state index contributed by atoms with van der Waals surface area (Å²) < 4.78 is 0. The SMILES string of the molecule is C[C@H](NC1CCN(C)CC1)c1ccncc1. The van der Waals surface area contributed by atoms with Gasteiger partial charge in [0.25, 0.3) is 0 Å². The van der Waals surface area contributed by atoms with Crippen molar-refractivity contribution >= 4 is 0 Å². The molecule has 3 heteroatoms. The minimum Gasteiger partial charge on any atom is -0.307 e. The number of aromatic nitrogens is 1. The smallest absolute Gasteiger partial charge is 0.0295 e. The molecule has 0 aromatic carbocycles. The molecule has 0 unspecified atom stereocenters. The molecule has 0 radical (unpaired) electrons. The highest BCUT2D eigenvalue weighted by molar-refractivity contribution is 5.14. The first kappa shape index (κ1) is 11.6. The number of piperidine rings is 1. The van der Waals surface area contributed by atoms with Gasteiger partial charge >= 0.3 is 0 Å². The van der Waals surface area contributed by atoms with E-state index in [9.17, 15) is 0 Å². The molecular weight excluding hydrogens is 198 g/mol. The summed E-state index contributed by atoms with van der Waals surface area (Å²) in [7, 11) is 2.20. The number of nitrogens with zero attached hydrogens (tertiary/aromatic N) is 2. The van der Waals surface area contributed by atoms with E-state index in [1.54, 1.807) is 0 Å². The summed E-state index contributed by atoms with van der Waals surface area (Å²) in [4.78, 5) is 6.45. The summed E-state index contributed by atoms with van der Waals surface area (Å²) in [6, 6.07) is 5.27. The lowest BCUT2D eigenvalue weighted by Gasteiger charge is -2.31. The predicted octanol–water partition coefficient (Wildman–Crippen LogP) is 1.83. The van der Waals surface area contributed by atoms with Crippen molar-refractivity contribution in [2.45, 2.75) is 31.8 Å². The number of hydrogen-bond donors (Lipinski definition) is 1. The molecule has 1 aromatic rings. The molecule has 1 aromatic heterocycles. The lowest BCUT2D eigenvalue weighted by atomic mass is 10.0. The van der Waals surface area contributed by atoms with Gasteiger partial charge in [-0.1, -0.05) is 0 Å². The van der Waals surface area contributed by atoms with E-state index in [0.717, 1.165) is 0 Å². The van der Waals surface area contributed by atoms with Crippen molar-refractivity contribution in [1.29, 1.82) is 0 Å². The van der Waals surface area contributed by atoms with Gasteiger partial charge in [0.2, 0.25) is 0 Å². The summed E-state index contributed by atoms with van der Waals surface area (Å²) in [5, 5.41) is 3.70. The zero-order chi connectivity index (χ0) is 11.4. The third-order valence-corrected chi connectivity index (χ3v) is 3.41. The van der Waals surface area contributed by atoms with E-state index in [1.165, 1.54) is 31.5 Å². The van der Waals surface area contributed by atoms with E-state index in [0.29, 0.717) is 12.1 Å². The minimum absolute atomic E-state index is 0.427. The van der Waals surface area contributed by atoms with Gasteiger partial charge in [0, 0.05) is 24.5 Å². The molecule has 1 atom stereocenters. The van der Waals surface area contributed by atoms with Crippen LogP contribution in [0.3, 0.4) is 0 Å². The average Bonchev–Trinajstić information content (AvgIpc) is 2.33. The van der Waals surface area contributed by atoms with Crippen LogP contribution in [0.2, 0.25) is 0 Å². The summed E-state index contributed by atoms with van der Waals surface area (Å²) >= 11 is 0. The Labute approximate surface area is 97.9 Å². The number of pyridine rings is 1. The van der Waals surface area contributed by atoms with Crippen LogP contribution >= 0.6 is 0 Å². The fourth-order valence-electron chi connectivity index (χ4n) is 2.28. The predicted molar refractivity (Wildman–Crippen MR) is 66.3 cm³/mol. The molecule has 1 N–H and O–H groups in total. The van der Waals surface area contributed by atoms with Crippen LogP contribution in [0.1, 0.15) is 31.4 Å². The standard InChI is InChI=1S/C13H21N3/c1-11(12-3-7-14-8-4-12)15-13-5-9-16(2)10-6-13/h3-4,7-8,11,13,15H,5-6,9-10H2,1-2H3/t11-/m0/s1. The second kappa shape index (κ2) is 5.41. The fraction of sp³-hybridized carbons (Fsp3) is 0.615. The summed E-state index contributed by atoms with van der Waals surface area (Å²) in [6.45, 7) is 4.65. The van der Waals surface area contributed by atoms with Crippen molar-refractivity contribution in [3.8, 4) is 0 Å². The number of hydrogen-bond acceptors (Lipinski definition) is 3. The molecule has 1 aliphatic rings. The largest absolute Gasteiger partial charge is 0.307 e. The molecule has 0 amide bonds. The Hall–Kier alpha value is -0.930. The summed E-state index contributed by atoms with van der Waals surface area (Å²) in [5.74, 6) is 0. The van der Waals surface area contributed by atoms with Crippen LogP contribution in [0.4, 0.5) is 0 Å². The van der Waals surface area contributed by atoms with Crippen LogP contribution < -0.4 is 5.32 Å². The normalized spacial score (nSPS) is 20.9. The van der Waals surface area contributed by atoms with Crippen LogP contribution in [0.5, 0.6) is 0 Å². The van der Waals surface area contributed by atoms with Crippen LogP contribution in [0, 0.1) is 0 Å². The van der Waals surface area contributed by atoms with Crippen molar-refractivity contribution in [1.82, 2.24) is 15.2 Å². The van der Waals surface area contributed by atoms with Gasteiger partial charge in [-0.05, 0) is 57.6 Å². The van der Waals surface area contributed by atoms with E-state index >= 15 is 0 Å². The van der Waals surface area contributed by atoms with E-state index < -0.39 is 0 Å². The quantitative estimate of drug-likeness (QED) is 0.840. The van der Waals surface area contributed by atoms with Gasteiger partial charge in [0.15, 0.2) is 0 Å². The Morgan fingerprint density at radius 1 is 1.31 bits per heavy atom. The van der Waals surface area contributed by atoms with E-state index in [4.69, 9.17) is 0 Å². The van der Waals surface area contributed by atoms with E-state index in [2.05, 4.69) is 41.3 Å². The maximum absolute atomic E-state index is 4.05. The zero-order valence-electron chi connectivity index (χ0n) is 10.2. The van der Waals surface area contributed by atoms with Gasteiger partial charge in [-0.15, -0.1) is 0 Å². The van der Waals surface area contributed by atoms with Gasteiger partial charge in [-0.25, -0.2) is 0 Å². The molecule has 3 nitrogen and oxygen atoms in total. The summed E-state index contributed by atoms with van der Waals surface area (Å²) in [5.41, 5.74) is 1.33. The Balaban J connectivity index is 1.86. The average molecular weight is 219 g/mol. The third-order valence-electron chi connectivity index (χ3n) is 3.41. The zero-order valence-corrected chi connectivity index (χ0v) is 10.2. The molecule has 16 heavy (non-hydrogen) atoms. The second-order valence-corrected chi connectivity index (χ2v) is 4.75. The molecule has 1 fully saturated rings. The molecule has 1 saturated heterocycles. The van der Waals surface area contributed by atoms with Crippen LogP contribution in [0.25, 0.3) is 0 Å². The molecule has 88 valence electrons. The lowest BCUT2D eigenvalue weighted by Crippen LogP contribution is -2.41. The Kier molecular flexibility index (Phi) is 3.91. The fourth-order valence-corrected chi connectivity index (χ4v) is 2.28. The molecule has 2 heterocycles. The molecule has 0 spiro atoms. The molecule has 0 aliphatic carbocycles. The molecule has 0 bridgehead atoms. The highest BCUT2D eigenvalue weighted by atomic mass is 15.1. The third kappa shape index (κ3) is 3.03. The van der Waals surface area contributed by atoms with Gasteiger partial charge < -0.3 is 10.2 Å². The van der Waals surface area contributed by atoms with E-state index in [1.807, 2.05) is 12.4 Å². The Bertz CT molecular complexity index is 304. The van der Waals surface area contributed by atoms with Gasteiger partial charge in [0.1, 0.15) is 0 Å².